The minimum Gasteiger partial charge on any atom is -0.369 e. The van der Waals surface area contributed by atoms with Crippen LogP contribution in [0.2, 0.25) is 0 Å². The Labute approximate surface area is 156 Å². The van der Waals surface area contributed by atoms with Crippen LogP contribution in [0.1, 0.15) is 16.1 Å². The molecule has 8 heteroatoms. The zero-order valence-electron chi connectivity index (χ0n) is 13.9. The van der Waals surface area contributed by atoms with E-state index in [-0.39, 0.29) is 24.2 Å². The predicted molar refractivity (Wildman–Crippen MR) is 100 cm³/mol. The summed E-state index contributed by atoms with van der Waals surface area (Å²) in [4.78, 5) is 34.0. The van der Waals surface area contributed by atoms with Gasteiger partial charge in [0.1, 0.15) is 5.69 Å². The third kappa shape index (κ3) is 3.23. The summed E-state index contributed by atoms with van der Waals surface area (Å²) in [7, 11) is 0. The number of nitrogens with one attached hydrogen (secondary N) is 3. The Bertz CT molecular complexity index is 921. The molecule has 7 nitrogen and oxygen atoms in total. The maximum atomic E-state index is 12.4. The van der Waals surface area contributed by atoms with Crippen molar-refractivity contribution in [1.29, 1.82) is 0 Å². The fraction of sp³-hybridized carbons (Fsp3) is 0.278. The van der Waals surface area contributed by atoms with E-state index < -0.39 is 17.7 Å². The van der Waals surface area contributed by atoms with Gasteiger partial charge in [-0.05, 0) is 24.6 Å². The monoisotopic (exact) mass is 373 g/mol. The van der Waals surface area contributed by atoms with Crippen LogP contribution in [-0.4, -0.2) is 39.2 Å². The van der Waals surface area contributed by atoms with Gasteiger partial charge in [0, 0.05) is 23.1 Å². The first-order valence-corrected chi connectivity index (χ1v) is 8.27. The lowest BCUT2D eigenvalue weighted by Crippen LogP contribution is -2.26. The Morgan fingerprint density at radius 3 is 2.73 bits per heavy atom. The van der Waals surface area contributed by atoms with E-state index in [1.165, 1.54) is 23.5 Å². The van der Waals surface area contributed by atoms with Crippen molar-refractivity contribution in [2.24, 2.45) is 17.6 Å². The van der Waals surface area contributed by atoms with E-state index in [0.717, 1.165) is 11.9 Å². The van der Waals surface area contributed by atoms with Gasteiger partial charge in [-0.15, -0.1) is 12.4 Å². The van der Waals surface area contributed by atoms with Gasteiger partial charge in [0.2, 0.25) is 5.91 Å². The van der Waals surface area contributed by atoms with Crippen LogP contribution in [0.5, 0.6) is 0 Å². The van der Waals surface area contributed by atoms with Crippen LogP contribution in [0, 0.1) is 11.8 Å². The zero-order valence-corrected chi connectivity index (χ0v) is 14.8. The maximum absolute atomic E-state index is 12.4. The molecule has 1 unspecified atom stereocenters. The third-order valence-electron chi connectivity index (χ3n) is 4.86. The number of rotatable bonds is 7. The Hall–Kier alpha value is -2.64. The lowest BCUT2D eigenvalue weighted by atomic mass is 10.1. The molecule has 26 heavy (non-hydrogen) atoms. The molecule has 1 fully saturated rings. The van der Waals surface area contributed by atoms with Crippen molar-refractivity contribution in [1.82, 2.24) is 20.3 Å². The number of benzene rings is 1. The van der Waals surface area contributed by atoms with Crippen molar-refractivity contribution in [2.45, 2.75) is 12.5 Å². The number of carbonyl (C=O) groups is 2. The Morgan fingerprint density at radius 1 is 1.19 bits per heavy atom. The summed E-state index contributed by atoms with van der Waals surface area (Å²) >= 11 is 0. The molecule has 5 N–H and O–H groups in total. The molecule has 2 aromatic heterocycles. The summed E-state index contributed by atoms with van der Waals surface area (Å²) in [6.07, 6.45) is 5.73. The largest absolute Gasteiger partial charge is 0.369 e. The number of primary amides is 1. The number of imidazole rings is 1. The zero-order chi connectivity index (χ0) is 17.4. The van der Waals surface area contributed by atoms with Gasteiger partial charge in [-0.2, -0.15) is 0 Å². The molecule has 1 aromatic carbocycles. The van der Waals surface area contributed by atoms with Crippen LogP contribution in [0.25, 0.3) is 10.9 Å². The molecule has 3 atom stereocenters. The fourth-order valence-corrected chi connectivity index (χ4v) is 3.53. The van der Waals surface area contributed by atoms with Crippen LogP contribution < -0.4 is 11.1 Å². The van der Waals surface area contributed by atoms with E-state index in [9.17, 15) is 9.59 Å². The molecule has 0 saturated heterocycles. The van der Waals surface area contributed by atoms with Crippen LogP contribution in [0.4, 0.5) is 0 Å². The smallest absolute Gasteiger partial charge is 0.222 e. The quantitative estimate of drug-likeness (QED) is 0.468. The Kier molecular flexibility index (Phi) is 5.11. The number of ketones is 1. The summed E-state index contributed by atoms with van der Waals surface area (Å²) in [6.45, 7) is 0.670. The van der Waals surface area contributed by atoms with Crippen molar-refractivity contribution >= 4 is 35.0 Å². The number of nitrogens with two attached hydrogens (primary N) is 1. The highest BCUT2D eigenvalue weighted by atomic mass is 35.5. The number of fused-ring (bicyclic) bond motifs is 1. The Morgan fingerprint density at radius 2 is 2.00 bits per heavy atom. The van der Waals surface area contributed by atoms with Crippen molar-refractivity contribution in [3.63, 3.8) is 0 Å². The van der Waals surface area contributed by atoms with Crippen molar-refractivity contribution in [2.75, 3.05) is 6.54 Å². The second-order valence-electron chi connectivity index (χ2n) is 6.37. The summed E-state index contributed by atoms with van der Waals surface area (Å²) < 4.78 is 0. The number of para-hydroxylation sites is 1. The number of hydrogen-bond donors (Lipinski definition) is 4. The number of Topliss-reactive ketones (excluding diaryl/α,β-unsaturated/α-hetero) is 1. The molecule has 0 radical (unpaired) electrons. The maximum Gasteiger partial charge on any atom is 0.222 e. The molecule has 3 aromatic rings. The highest BCUT2D eigenvalue weighted by Crippen LogP contribution is 2.41. The van der Waals surface area contributed by atoms with E-state index in [2.05, 4.69) is 26.3 Å². The second-order valence-corrected chi connectivity index (χ2v) is 6.37. The number of aromatic amines is 2. The standard InChI is InChI=1S/C18H19N5O2.ClH/c19-18(25)15-14(17(24)13-8-20-9-23-13)16(15)21-6-5-10-7-22-12-4-2-1-3-11(10)12;/h1-4,7-9,14-16,21-22H,5-6H2,(H2,19,25)(H,20,23);1H/t14-,15+,16?;/m1./s1. The van der Waals surface area contributed by atoms with Gasteiger partial charge in [-0.1, -0.05) is 18.2 Å². The van der Waals surface area contributed by atoms with Crippen molar-refractivity contribution < 1.29 is 9.59 Å². The molecule has 1 aliphatic carbocycles. The number of aromatic nitrogens is 3. The molecule has 4 rings (SSSR count). The predicted octanol–water partition coefficient (Wildman–Crippen LogP) is 1.43. The van der Waals surface area contributed by atoms with Gasteiger partial charge >= 0.3 is 0 Å². The molecule has 1 saturated carbocycles. The molecule has 1 aliphatic rings. The molecule has 136 valence electrons. The molecule has 1 amide bonds. The van der Waals surface area contributed by atoms with E-state index in [4.69, 9.17) is 5.73 Å². The molecule has 0 aliphatic heterocycles. The first kappa shape index (κ1) is 18.2. The van der Waals surface area contributed by atoms with Crippen molar-refractivity contribution in [3.8, 4) is 0 Å². The van der Waals surface area contributed by atoms with Crippen LogP contribution >= 0.6 is 12.4 Å². The topological polar surface area (TPSA) is 117 Å². The summed E-state index contributed by atoms with van der Waals surface area (Å²) in [5.74, 6) is -1.44. The number of hydrogen-bond acceptors (Lipinski definition) is 4. The van der Waals surface area contributed by atoms with E-state index >= 15 is 0 Å². The van der Waals surface area contributed by atoms with Gasteiger partial charge in [-0.25, -0.2) is 4.98 Å². The van der Waals surface area contributed by atoms with Gasteiger partial charge < -0.3 is 21.0 Å². The molecule has 2 heterocycles. The normalized spacial score (nSPS) is 21.3. The minimum atomic E-state index is -0.459. The number of H-pyrrole nitrogens is 2. The van der Waals surface area contributed by atoms with E-state index in [1.54, 1.807) is 0 Å². The van der Waals surface area contributed by atoms with Crippen molar-refractivity contribution in [3.05, 3.63) is 54.2 Å². The highest BCUT2D eigenvalue weighted by molar-refractivity contribution is 6.03. The fourth-order valence-electron chi connectivity index (χ4n) is 3.53. The molecular weight excluding hydrogens is 354 g/mol. The summed E-state index contributed by atoms with van der Waals surface area (Å²) in [5.41, 5.74) is 8.17. The number of nitrogens with zero attached hydrogens (tertiary/aromatic N) is 1. The summed E-state index contributed by atoms with van der Waals surface area (Å²) in [5, 5.41) is 4.51. The van der Waals surface area contributed by atoms with Gasteiger partial charge in [0.25, 0.3) is 0 Å². The van der Waals surface area contributed by atoms with Gasteiger partial charge in [0.15, 0.2) is 5.78 Å². The molecular formula is C18H20ClN5O2. The average Bonchev–Trinajstić information content (AvgIpc) is 2.97. The SMILES string of the molecule is Cl.NC(=O)[C@@H]1C(NCCc2c[nH]c3ccccc23)[C@@H]1C(=O)c1cnc[nH]1. The number of halogens is 1. The van der Waals surface area contributed by atoms with Gasteiger partial charge in [0.05, 0.1) is 24.4 Å². The van der Waals surface area contributed by atoms with E-state index in [1.807, 2.05) is 24.4 Å². The minimum absolute atomic E-state index is 0. The second kappa shape index (κ2) is 7.31. The first-order chi connectivity index (χ1) is 12.2. The average molecular weight is 374 g/mol. The van der Waals surface area contributed by atoms with Crippen LogP contribution in [-0.2, 0) is 11.2 Å². The van der Waals surface area contributed by atoms with Crippen LogP contribution in [0.3, 0.4) is 0 Å². The lowest BCUT2D eigenvalue weighted by Gasteiger charge is -2.03. The Balaban J connectivity index is 0.00000196. The van der Waals surface area contributed by atoms with Crippen LogP contribution in [0.15, 0.2) is 43.0 Å². The van der Waals surface area contributed by atoms with Gasteiger partial charge in [-0.3, -0.25) is 9.59 Å². The summed E-state index contributed by atoms with van der Waals surface area (Å²) in [6, 6.07) is 7.91. The molecule has 0 bridgehead atoms. The first-order valence-electron chi connectivity index (χ1n) is 8.27. The highest BCUT2D eigenvalue weighted by Gasteiger charge is 2.58. The number of amides is 1. The number of carbonyl (C=O) groups excluding carboxylic acids is 2. The third-order valence-corrected chi connectivity index (χ3v) is 4.86. The van der Waals surface area contributed by atoms with E-state index in [0.29, 0.717) is 12.2 Å². The molecule has 0 spiro atoms. The lowest BCUT2D eigenvalue weighted by molar-refractivity contribution is -0.119.